The number of carbonyl (C=O) groups excluding carboxylic acids is 1. The molecule has 1 aliphatic rings. The highest BCUT2D eigenvalue weighted by Crippen LogP contribution is 2.22. The van der Waals surface area contributed by atoms with Crippen molar-refractivity contribution in [3.8, 4) is 5.75 Å². The van der Waals surface area contributed by atoms with Gasteiger partial charge in [0.2, 0.25) is 5.13 Å². The zero-order chi connectivity index (χ0) is 21.6. The number of benzene rings is 2. The van der Waals surface area contributed by atoms with Crippen molar-refractivity contribution in [2.24, 2.45) is 0 Å². The standard InChI is InChI=1S/C23H27N5O2S/c1-17-7-3-4-10-20(17)24-22(29)27-11-6-12-28(14-13-27)23-25-21(26-31-23)16-18-8-5-9-19(15-18)30-2/h3-5,7-10,15H,6,11-14,16H2,1-2H3,(H,24,29). The van der Waals surface area contributed by atoms with Gasteiger partial charge >= 0.3 is 6.03 Å². The molecule has 8 heteroatoms. The first-order valence-electron chi connectivity index (χ1n) is 10.4. The predicted molar refractivity (Wildman–Crippen MR) is 124 cm³/mol. The Morgan fingerprint density at radius 1 is 1.13 bits per heavy atom. The molecule has 1 fully saturated rings. The van der Waals surface area contributed by atoms with Crippen LogP contribution in [0.2, 0.25) is 0 Å². The van der Waals surface area contributed by atoms with Crippen LogP contribution in [0.4, 0.5) is 15.6 Å². The summed E-state index contributed by atoms with van der Waals surface area (Å²) in [7, 11) is 1.67. The Bertz CT molecular complexity index is 1040. The minimum Gasteiger partial charge on any atom is -0.497 e. The van der Waals surface area contributed by atoms with Crippen molar-refractivity contribution >= 4 is 28.4 Å². The number of aryl methyl sites for hydroxylation is 1. The molecule has 0 atom stereocenters. The average Bonchev–Trinajstić information content (AvgIpc) is 3.10. The van der Waals surface area contributed by atoms with Crippen LogP contribution >= 0.6 is 11.5 Å². The molecule has 2 aromatic carbocycles. The Morgan fingerprint density at radius 3 is 2.84 bits per heavy atom. The molecule has 4 rings (SSSR count). The maximum atomic E-state index is 12.7. The van der Waals surface area contributed by atoms with Crippen LogP contribution in [0, 0.1) is 6.92 Å². The van der Waals surface area contributed by atoms with E-state index in [-0.39, 0.29) is 6.03 Å². The van der Waals surface area contributed by atoms with Crippen molar-refractivity contribution in [1.29, 1.82) is 0 Å². The molecule has 31 heavy (non-hydrogen) atoms. The zero-order valence-corrected chi connectivity index (χ0v) is 18.7. The van der Waals surface area contributed by atoms with Gasteiger partial charge in [-0.05, 0) is 42.7 Å². The number of rotatable bonds is 5. The van der Waals surface area contributed by atoms with Gasteiger partial charge in [-0.1, -0.05) is 30.3 Å². The maximum absolute atomic E-state index is 12.7. The van der Waals surface area contributed by atoms with Gasteiger partial charge < -0.3 is 19.9 Å². The third-order valence-electron chi connectivity index (χ3n) is 5.39. The fraction of sp³-hybridized carbons (Fsp3) is 0.348. The maximum Gasteiger partial charge on any atom is 0.321 e. The number of para-hydroxylation sites is 1. The van der Waals surface area contributed by atoms with E-state index in [1.807, 2.05) is 54.3 Å². The van der Waals surface area contributed by atoms with Gasteiger partial charge in [-0.3, -0.25) is 0 Å². The van der Waals surface area contributed by atoms with Crippen molar-refractivity contribution in [3.63, 3.8) is 0 Å². The van der Waals surface area contributed by atoms with Gasteiger partial charge in [-0.25, -0.2) is 9.78 Å². The van der Waals surface area contributed by atoms with E-state index in [0.29, 0.717) is 13.0 Å². The number of anilines is 2. The Hall–Kier alpha value is -3.13. The van der Waals surface area contributed by atoms with Crippen LogP contribution in [0.3, 0.4) is 0 Å². The highest BCUT2D eigenvalue weighted by molar-refractivity contribution is 7.09. The minimum absolute atomic E-state index is 0.0490. The van der Waals surface area contributed by atoms with Gasteiger partial charge in [0.05, 0.1) is 7.11 Å². The number of urea groups is 1. The topological polar surface area (TPSA) is 70.6 Å². The molecule has 0 bridgehead atoms. The van der Waals surface area contributed by atoms with Crippen LogP contribution in [-0.2, 0) is 6.42 Å². The van der Waals surface area contributed by atoms with Crippen LogP contribution < -0.4 is 15.0 Å². The number of carbonyl (C=O) groups is 1. The summed E-state index contributed by atoms with van der Waals surface area (Å²) in [4.78, 5) is 21.6. The SMILES string of the molecule is COc1cccc(Cc2nsc(N3CCCN(C(=O)Nc4ccccc4C)CC3)n2)c1. The third kappa shape index (κ3) is 5.32. The quantitative estimate of drug-likeness (QED) is 0.648. The zero-order valence-electron chi connectivity index (χ0n) is 17.9. The predicted octanol–water partition coefficient (Wildman–Crippen LogP) is 4.19. The lowest BCUT2D eigenvalue weighted by molar-refractivity contribution is 0.215. The van der Waals surface area contributed by atoms with Crippen molar-refractivity contribution in [2.75, 3.05) is 43.5 Å². The second-order valence-electron chi connectivity index (χ2n) is 7.59. The molecule has 1 aromatic heterocycles. The lowest BCUT2D eigenvalue weighted by atomic mass is 10.1. The second-order valence-corrected chi connectivity index (χ2v) is 8.32. The van der Waals surface area contributed by atoms with Gasteiger partial charge in [0.25, 0.3) is 0 Å². The Kier molecular flexibility index (Phi) is 6.66. The number of nitrogens with zero attached hydrogens (tertiary/aromatic N) is 4. The van der Waals surface area contributed by atoms with Gasteiger partial charge in [-0.15, -0.1) is 0 Å². The average molecular weight is 438 g/mol. The van der Waals surface area contributed by atoms with Gasteiger partial charge in [0.15, 0.2) is 0 Å². The fourth-order valence-electron chi connectivity index (χ4n) is 3.63. The van der Waals surface area contributed by atoms with Crippen LogP contribution in [0.5, 0.6) is 5.75 Å². The van der Waals surface area contributed by atoms with E-state index in [1.165, 1.54) is 11.5 Å². The Labute approximate surface area is 186 Å². The lowest BCUT2D eigenvalue weighted by Crippen LogP contribution is -2.38. The van der Waals surface area contributed by atoms with E-state index < -0.39 is 0 Å². The van der Waals surface area contributed by atoms with E-state index in [0.717, 1.165) is 59.6 Å². The smallest absolute Gasteiger partial charge is 0.321 e. The number of amides is 2. The van der Waals surface area contributed by atoms with Gasteiger partial charge in [0, 0.05) is 49.8 Å². The van der Waals surface area contributed by atoms with Crippen molar-refractivity contribution < 1.29 is 9.53 Å². The monoisotopic (exact) mass is 437 g/mol. The normalized spacial score (nSPS) is 14.3. The molecule has 0 radical (unpaired) electrons. The van der Waals surface area contributed by atoms with Crippen LogP contribution in [-0.4, -0.2) is 53.6 Å². The van der Waals surface area contributed by atoms with E-state index >= 15 is 0 Å². The van der Waals surface area contributed by atoms with E-state index in [2.05, 4.69) is 20.7 Å². The molecule has 0 aliphatic carbocycles. The number of ether oxygens (including phenoxy) is 1. The van der Waals surface area contributed by atoms with E-state index in [4.69, 9.17) is 9.72 Å². The second kappa shape index (κ2) is 9.78. The first-order chi connectivity index (χ1) is 15.1. The van der Waals surface area contributed by atoms with E-state index in [9.17, 15) is 4.79 Å². The van der Waals surface area contributed by atoms with Crippen molar-refractivity contribution in [2.45, 2.75) is 19.8 Å². The molecule has 1 N–H and O–H groups in total. The highest BCUT2D eigenvalue weighted by atomic mass is 32.1. The summed E-state index contributed by atoms with van der Waals surface area (Å²) in [6, 6.07) is 15.8. The molecule has 1 saturated heterocycles. The number of nitrogens with one attached hydrogen (secondary N) is 1. The highest BCUT2D eigenvalue weighted by Gasteiger charge is 2.21. The van der Waals surface area contributed by atoms with Crippen molar-refractivity contribution in [3.05, 3.63) is 65.5 Å². The van der Waals surface area contributed by atoms with Crippen LogP contribution in [0.15, 0.2) is 48.5 Å². The Balaban J connectivity index is 1.35. The molecule has 3 aromatic rings. The molecular weight excluding hydrogens is 410 g/mol. The number of hydrogen-bond donors (Lipinski definition) is 1. The summed E-state index contributed by atoms with van der Waals surface area (Å²) in [6.45, 7) is 4.99. The molecule has 0 saturated carbocycles. The molecular formula is C23H27N5O2S. The van der Waals surface area contributed by atoms with Gasteiger partial charge in [-0.2, -0.15) is 4.37 Å². The summed E-state index contributed by atoms with van der Waals surface area (Å²) < 4.78 is 9.84. The third-order valence-corrected chi connectivity index (χ3v) is 6.21. The molecule has 0 unspecified atom stereocenters. The molecule has 7 nitrogen and oxygen atoms in total. The molecule has 0 spiro atoms. The lowest BCUT2D eigenvalue weighted by Gasteiger charge is -2.22. The number of aromatic nitrogens is 2. The molecule has 1 aliphatic heterocycles. The minimum atomic E-state index is -0.0490. The van der Waals surface area contributed by atoms with Crippen molar-refractivity contribution in [1.82, 2.24) is 14.3 Å². The largest absolute Gasteiger partial charge is 0.497 e. The first-order valence-corrected chi connectivity index (χ1v) is 11.2. The first kappa shape index (κ1) is 21.1. The summed E-state index contributed by atoms with van der Waals surface area (Å²) in [5, 5.41) is 3.95. The Morgan fingerprint density at radius 2 is 2.00 bits per heavy atom. The van der Waals surface area contributed by atoms with Crippen LogP contribution in [0.25, 0.3) is 0 Å². The molecule has 162 valence electrons. The summed E-state index contributed by atoms with van der Waals surface area (Å²) in [6.07, 6.45) is 1.57. The van der Waals surface area contributed by atoms with E-state index in [1.54, 1.807) is 7.11 Å². The number of hydrogen-bond acceptors (Lipinski definition) is 6. The molecule has 2 heterocycles. The summed E-state index contributed by atoms with van der Waals surface area (Å²) in [5.41, 5.74) is 3.04. The molecule has 2 amide bonds. The van der Waals surface area contributed by atoms with Crippen LogP contribution in [0.1, 0.15) is 23.4 Å². The summed E-state index contributed by atoms with van der Waals surface area (Å²) >= 11 is 1.42. The fourth-order valence-corrected chi connectivity index (χ4v) is 4.37. The van der Waals surface area contributed by atoms with Gasteiger partial charge in [0.1, 0.15) is 11.6 Å². The summed E-state index contributed by atoms with van der Waals surface area (Å²) in [5.74, 6) is 1.65. The number of methoxy groups -OCH3 is 1.